The third kappa shape index (κ3) is 3.22. The lowest BCUT2D eigenvalue weighted by Crippen LogP contribution is -2.24. The Morgan fingerprint density at radius 1 is 1.39 bits per heavy atom. The van der Waals surface area contributed by atoms with Gasteiger partial charge in [0.05, 0.1) is 12.2 Å². The molecule has 1 aromatic rings. The Bertz CT molecular complexity index is 469. The molecule has 0 spiro atoms. The minimum absolute atomic E-state index is 0.0419. The molecule has 1 rings (SSSR count). The van der Waals surface area contributed by atoms with Crippen LogP contribution in [0, 0.1) is 0 Å². The maximum atomic E-state index is 12.5. The van der Waals surface area contributed by atoms with Crippen LogP contribution in [0.2, 0.25) is 0 Å². The number of halogens is 3. The average molecular weight is 261 g/mol. The molecule has 0 aliphatic carbocycles. The van der Waals surface area contributed by atoms with Crippen LogP contribution in [0.4, 0.5) is 13.2 Å². The first-order valence-electron chi connectivity index (χ1n) is 4.97. The predicted molar refractivity (Wildman–Crippen MR) is 56.8 cm³/mol. The molecule has 0 aliphatic heterocycles. The second kappa shape index (κ2) is 5.52. The van der Waals surface area contributed by atoms with Crippen molar-refractivity contribution in [1.82, 2.24) is 0 Å². The first-order valence-corrected chi connectivity index (χ1v) is 4.97. The van der Waals surface area contributed by atoms with E-state index in [-0.39, 0.29) is 12.2 Å². The third-order valence-electron chi connectivity index (χ3n) is 2.02. The average Bonchev–Trinajstić information content (AvgIpc) is 2.29. The zero-order chi connectivity index (χ0) is 13.8. The van der Waals surface area contributed by atoms with E-state index in [9.17, 15) is 18.0 Å². The van der Waals surface area contributed by atoms with E-state index in [1.165, 1.54) is 12.1 Å². The van der Waals surface area contributed by atoms with Gasteiger partial charge in [-0.25, -0.2) is 4.79 Å². The number of esters is 1. The molecule has 7 heteroatoms. The van der Waals surface area contributed by atoms with Crippen LogP contribution in [0.3, 0.4) is 0 Å². The molecule has 98 valence electrons. The molecule has 0 aliphatic rings. The van der Waals surface area contributed by atoms with Gasteiger partial charge in [-0.15, -0.1) is 0 Å². The van der Waals surface area contributed by atoms with Crippen molar-refractivity contribution in [2.75, 3.05) is 6.61 Å². The summed E-state index contributed by atoms with van der Waals surface area (Å²) in [5.41, 5.74) is -1.91. The van der Waals surface area contributed by atoms with Crippen LogP contribution in [0.1, 0.15) is 22.8 Å². The summed E-state index contributed by atoms with van der Waals surface area (Å²) in [6.45, 7) is 1.70. The van der Waals surface area contributed by atoms with Crippen molar-refractivity contribution in [3.63, 3.8) is 0 Å². The van der Waals surface area contributed by atoms with Crippen LogP contribution >= 0.6 is 0 Å². The van der Waals surface area contributed by atoms with Crippen molar-refractivity contribution < 1.29 is 27.9 Å². The maximum Gasteiger partial charge on any atom is 0.437 e. The van der Waals surface area contributed by atoms with Crippen LogP contribution in [-0.2, 0) is 4.74 Å². The summed E-state index contributed by atoms with van der Waals surface area (Å²) in [6, 6.07) is 4.61. The molecule has 1 N–H and O–H groups in total. The molecule has 0 saturated heterocycles. The summed E-state index contributed by atoms with van der Waals surface area (Å²) in [5.74, 6) is -0.737. The summed E-state index contributed by atoms with van der Waals surface area (Å²) in [7, 11) is 0. The molecule has 0 radical (unpaired) electrons. The molecule has 0 aromatic heterocycles. The van der Waals surface area contributed by atoms with E-state index in [2.05, 4.69) is 9.89 Å². The Balaban J connectivity index is 3.13. The minimum Gasteiger partial charge on any atom is -0.462 e. The lowest BCUT2D eigenvalue weighted by Gasteiger charge is -2.09. The molecule has 1 aromatic carbocycles. The number of rotatable bonds is 3. The molecule has 0 heterocycles. The van der Waals surface area contributed by atoms with Crippen LogP contribution in [0.5, 0.6) is 0 Å². The highest BCUT2D eigenvalue weighted by Crippen LogP contribution is 2.23. The van der Waals surface area contributed by atoms with Gasteiger partial charge in [-0.1, -0.05) is 17.3 Å². The molecule has 0 saturated carbocycles. The summed E-state index contributed by atoms with van der Waals surface area (Å²) >= 11 is 0. The Labute approximate surface area is 101 Å². The number of alkyl halides is 3. The van der Waals surface area contributed by atoms with Gasteiger partial charge in [0.25, 0.3) is 0 Å². The number of ether oxygens (including phenoxy) is 1. The molecule has 0 bridgehead atoms. The fraction of sp³-hybridized carbons (Fsp3) is 0.273. The SMILES string of the molecule is CCOC(=O)c1cccc(/C(=N/O)C(F)(F)F)c1. The molecular formula is C11H10F3NO3. The van der Waals surface area contributed by atoms with E-state index in [0.717, 1.165) is 12.1 Å². The number of carbonyl (C=O) groups excluding carboxylic acids is 1. The molecule has 4 nitrogen and oxygen atoms in total. The smallest absolute Gasteiger partial charge is 0.437 e. The van der Waals surface area contributed by atoms with Crippen LogP contribution in [0.25, 0.3) is 0 Å². The van der Waals surface area contributed by atoms with Gasteiger partial charge < -0.3 is 9.94 Å². The fourth-order valence-corrected chi connectivity index (χ4v) is 1.29. The fourth-order valence-electron chi connectivity index (χ4n) is 1.29. The Morgan fingerprint density at radius 2 is 2.00 bits per heavy atom. The number of oxime groups is 1. The summed E-state index contributed by atoms with van der Waals surface area (Å²) in [6.07, 6.45) is -4.80. The van der Waals surface area contributed by atoms with E-state index in [1.807, 2.05) is 0 Å². The maximum absolute atomic E-state index is 12.5. The third-order valence-corrected chi connectivity index (χ3v) is 2.02. The van der Waals surface area contributed by atoms with Crippen molar-refractivity contribution in [1.29, 1.82) is 0 Å². The second-order valence-electron chi connectivity index (χ2n) is 3.25. The zero-order valence-corrected chi connectivity index (χ0v) is 9.36. The van der Waals surface area contributed by atoms with Crippen molar-refractivity contribution in [3.05, 3.63) is 35.4 Å². The number of hydrogen-bond acceptors (Lipinski definition) is 4. The Kier molecular flexibility index (Phi) is 4.30. The quantitative estimate of drug-likeness (QED) is 0.394. The van der Waals surface area contributed by atoms with Crippen LogP contribution in [0.15, 0.2) is 29.4 Å². The lowest BCUT2D eigenvalue weighted by molar-refractivity contribution is -0.0601. The van der Waals surface area contributed by atoms with Crippen molar-refractivity contribution in [3.8, 4) is 0 Å². The number of nitrogens with zero attached hydrogens (tertiary/aromatic N) is 1. The molecule has 0 atom stereocenters. The monoisotopic (exact) mass is 261 g/mol. The van der Waals surface area contributed by atoms with Crippen LogP contribution in [-0.4, -0.2) is 29.7 Å². The highest BCUT2D eigenvalue weighted by atomic mass is 19.4. The first-order chi connectivity index (χ1) is 8.40. The molecule has 0 unspecified atom stereocenters. The Hall–Kier alpha value is -2.05. The zero-order valence-electron chi connectivity index (χ0n) is 9.36. The van der Waals surface area contributed by atoms with E-state index in [0.29, 0.717) is 0 Å². The lowest BCUT2D eigenvalue weighted by atomic mass is 10.1. The predicted octanol–water partition coefficient (Wildman–Crippen LogP) is 2.60. The topological polar surface area (TPSA) is 58.9 Å². The highest BCUT2D eigenvalue weighted by Gasteiger charge is 2.37. The van der Waals surface area contributed by atoms with E-state index < -0.39 is 23.4 Å². The molecule has 0 amide bonds. The first kappa shape index (κ1) is 14.0. The van der Waals surface area contributed by atoms with Gasteiger partial charge in [0.15, 0.2) is 5.71 Å². The second-order valence-corrected chi connectivity index (χ2v) is 3.25. The van der Waals surface area contributed by atoms with Gasteiger partial charge in [-0.05, 0) is 19.1 Å². The van der Waals surface area contributed by atoms with Crippen LogP contribution < -0.4 is 0 Å². The summed E-state index contributed by atoms with van der Waals surface area (Å²) in [4.78, 5) is 11.4. The standard InChI is InChI=1S/C11H10F3NO3/c1-2-18-10(16)8-5-3-4-7(6-8)9(15-17)11(12,13)14/h3-6,17H,2H2,1H3/b15-9-. The largest absolute Gasteiger partial charge is 0.462 e. The summed E-state index contributed by atoms with van der Waals surface area (Å²) < 4.78 is 42.1. The Morgan fingerprint density at radius 3 is 2.50 bits per heavy atom. The number of hydrogen-bond donors (Lipinski definition) is 1. The molecule has 0 fully saturated rings. The van der Waals surface area contributed by atoms with Gasteiger partial charge >= 0.3 is 12.1 Å². The molecular weight excluding hydrogens is 251 g/mol. The van der Waals surface area contributed by atoms with Gasteiger partial charge in [0.1, 0.15) is 0 Å². The van der Waals surface area contributed by atoms with Gasteiger partial charge in [-0.2, -0.15) is 13.2 Å². The number of benzene rings is 1. The van der Waals surface area contributed by atoms with Gasteiger partial charge in [0.2, 0.25) is 0 Å². The summed E-state index contributed by atoms with van der Waals surface area (Å²) in [5, 5.41) is 10.6. The highest BCUT2D eigenvalue weighted by molar-refractivity contribution is 6.05. The van der Waals surface area contributed by atoms with Gasteiger partial charge in [-0.3, -0.25) is 0 Å². The normalized spacial score (nSPS) is 12.3. The van der Waals surface area contributed by atoms with E-state index >= 15 is 0 Å². The van der Waals surface area contributed by atoms with Gasteiger partial charge in [0, 0.05) is 5.56 Å². The van der Waals surface area contributed by atoms with Crippen molar-refractivity contribution in [2.24, 2.45) is 5.16 Å². The minimum atomic E-state index is -4.80. The van der Waals surface area contributed by atoms with Crippen molar-refractivity contribution in [2.45, 2.75) is 13.1 Å². The van der Waals surface area contributed by atoms with E-state index in [1.54, 1.807) is 6.92 Å². The van der Waals surface area contributed by atoms with E-state index in [4.69, 9.17) is 5.21 Å². The molecule has 18 heavy (non-hydrogen) atoms. The number of carbonyl (C=O) groups is 1. The van der Waals surface area contributed by atoms with Crippen molar-refractivity contribution >= 4 is 11.7 Å².